The lowest BCUT2D eigenvalue weighted by Gasteiger charge is -2.18. The highest BCUT2D eigenvalue weighted by molar-refractivity contribution is 14.1. The fourth-order valence-electron chi connectivity index (χ4n) is 6.72. The standard InChI is InChI=1S/C15H17N3O5.C9H12IN3O5.C9H13N3O5.C6H7BO2/c16-13-9(8-4-2-1-3-5-8)6-18(15(22)17-13)14-12(21)11(20)10(7-19)23-14;10-3-1-13(9(17)12-7(3)11)8-6(16)5(15)4(2-14)18-8;10-5-1-2-12(9(16)11-5)8-7(15)6(14)4(3-13)17-8;8-7(9)6-4-2-1-3-5-6/h1-6,10-12,14,19-21H,7H2,(H2,16,17,22);1,4-6,8,14-16H,2H2,(H2,11,12,17);1-2,4,6-8,13-15H,3H2,(H2,10,11,16);1-5,8-9H/t10-,11?,12+,14-;4-,5?,6+,8-;4-,6?,7+,8-;/m111./s1. The van der Waals surface area contributed by atoms with Gasteiger partial charge in [-0.2, -0.15) is 15.0 Å². The van der Waals surface area contributed by atoms with Gasteiger partial charge >= 0.3 is 24.2 Å². The van der Waals surface area contributed by atoms with E-state index in [0.29, 0.717) is 14.6 Å². The molecule has 26 nitrogen and oxygen atoms in total. The quantitative estimate of drug-likeness (QED) is 0.0508. The third-order valence-electron chi connectivity index (χ3n) is 10.3. The minimum atomic E-state index is -1.36. The molecule has 3 unspecified atom stereocenters. The molecule has 0 saturated carbocycles. The zero-order chi connectivity index (χ0) is 49.3. The number of aliphatic hydroxyl groups excluding tert-OH is 9. The molecule has 3 fully saturated rings. The number of nitrogen functional groups attached to an aromatic ring is 3. The van der Waals surface area contributed by atoms with E-state index >= 15 is 0 Å². The first-order valence-corrected chi connectivity index (χ1v) is 21.0. The molecule has 0 aliphatic carbocycles. The monoisotopic (exact) mass is 1050 g/mol. The summed E-state index contributed by atoms with van der Waals surface area (Å²) < 4.78 is 19.4. The van der Waals surface area contributed by atoms with Crippen molar-refractivity contribution in [2.75, 3.05) is 37.0 Å². The van der Waals surface area contributed by atoms with Crippen molar-refractivity contribution in [1.29, 1.82) is 0 Å². The number of nitrogens with zero attached hydrogens (tertiary/aromatic N) is 6. The van der Waals surface area contributed by atoms with Crippen molar-refractivity contribution in [3.05, 3.63) is 120 Å². The molecule has 28 heteroatoms. The summed E-state index contributed by atoms with van der Waals surface area (Å²) in [4.78, 5) is 46.1. The second kappa shape index (κ2) is 23.6. The fraction of sp³-hybridized carbons (Fsp3) is 0.385. The van der Waals surface area contributed by atoms with Crippen LogP contribution in [0.2, 0.25) is 0 Å². The normalized spacial score (nSPS) is 27.5. The van der Waals surface area contributed by atoms with Crippen molar-refractivity contribution in [2.45, 2.75) is 73.6 Å². The predicted molar refractivity (Wildman–Crippen MR) is 242 cm³/mol. The highest BCUT2D eigenvalue weighted by Crippen LogP contribution is 2.32. The van der Waals surface area contributed by atoms with Crippen molar-refractivity contribution in [1.82, 2.24) is 28.7 Å². The summed E-state index contributed by atoms with van der Waals surface area (Å²) in [6, 6.07) is 19.1. The van der Waals surface area contributed by atoms with E-state index in [9.17, 15) is 45.0 Å². The van der Waals surface area contributed by atoms with Crippen LogP contribution in [0.4, 0.5) is 17.5 Å². The van der Waals surface area contributed by atoms with Crippen LogP contribution < -0.4 is 39.7 Å². The van der Waals surface area contributed by atoms with E-state index in [0.717, 1.165) is 19.3 Å². The lowest BCUT2D eigenvalue weighted by molar-refractivity contribution is -0.0550. The molecule has 0 amide bonds. The van der Waals surface area contributed by atoms with Gasteiger partial charge < -0.3 is 87.4 Å². The van der Waals surface area contributed by atoms with Crippen LogP contribution in [0.25, 0.3) is 11.1 Å². The third-order valence-corrected chi connectivity index (χ3v) is 11.2. The number of ether oxygens (including phenoxy) is 3. The van der Waals surface area contributed by atoms with Crippen LogP contribution in [-0.4, -0.2) is 167 Å². The number of anilines is 3. The summed E-state index contributed by atoms with van der Waals surface area (Å²) in [5.41, 5.74) is 16.3. The van der Waals surface area contributed by atoms with Crippen molar-refractivity contribution in [2.24, 2.45) is 0 Å². The Bertz CT molecular complexity index is 2570. The molecular formula is C39H49BIN9O17. The molecule has 17 N–H and O–H groups in total. The van der Waals surface area contributed by atoms with E-state index in [4.69, 9.17) is 56.8 Å². The molecule has 6 heterocycles. The average molecular weight is 1050 g/mol. The maximum absolute atomic E-state index is 12.1. The number of benzene rings is 2. The highest BCUT2D eigenvalue weighted by Gasteiger charge is 2.46. The SMILES string of the molecule is Nc1ccn([C@@H]2O[C@H](CO)C(O)[C@@H]2O)c(=O)n1.Nc1nc(=O)n([C@@H]2O[C@H](CO)C(O)[C@@H]2O)cc1-c1ccccc1.Nc1nc(=O)n([C@@H]2O[C@H](CO)C(O)[C@@H]2O)cc1I.OB(O)c1ccccc1. The molecule has 3 aliphatic heterocycles. The Hall–Kier alpha value is -5.29. The smallest absolute Gasteiger partial charge is 0.423 e. The van der Waals surface area contributed by atoms with Crippen molar-refractivity contribution >= 4 is 52.6 Å². The molecule has 67 heavy (non-hydrogen) atoms. The molecule has 3 aliphatic rings. The van der Waals surface area contributed by atoms with Crippen LogP contribution in [0.15, 0.2) is 99.7 Å². The molecule has 2 aromatic carbocycles. The molecule has 362 valence electrons. The molecule has 0 radical (unpaired) electrons. The number of hydrogen-bond donors (Lipinski definition) is 14. The summed E-state index contributed by atoms with van der Waals surface area (Å²) in [7, 11) is -1.34. The summed E-state index contributed by atoms with van der Waals surface area (Å²) in [5, 5.41) is 103. The Morgan fingerprint density at radius 2 is 0.955 bits per heavy atom. The molecule has 5 aromatic rings. The van der Waals surface area contributed by atoms with E-state index in [1.807, 2.05) is 46.9 Å². The van der Waals surface area contributed by atoms with Crippen LogP contribution in [0, 0.1) is 3.57 Å². The van der Waals surface area contributed by atoms with Gasteiger partial charge in [0.25, 0.3) is 0 Å². The van der Waals surface area contributed by atoms with Gasteiger partial charge in [0.15, 0.2) is 18.7 Å². The number of nitrogens with two attached hydrogens (primary N) is 3. The zero-order valence-corrected chi connectivity index (χ0v) is 37.0. The van der Waals surface area contributed by atoms with Gasteiger partial charge in [-0.25, -0.2) is 14.4 Å². The van der Waals surface area contributed by atoms with Gasteiger partial charge in [-0.05, 0) is 39.7 Å². The second-order valence-electron chi connectivity index (χ2n) is 14.8. The maximum Gasteiger partial charge on any atom is 0.488 e. The summed E-state index contributed by atoms with van der Waals surface area (Å²) >= 11 is 1.88. The molecule has 8 rings (SSSR count). The van der Waals surface area contributed by atoms with Crippen molar-refractivity contribution in [3.63, 3.8) is 0 Å². The molecule has 0 spiro atoms. The van der Waals surface area contributed by atoms with Crippen LogP contribution in [-0.2, 0) is 14.2 Å². The van der Waals surface area contributed by atoms with Crippen molar-refractivity contribution in [3.8, 4) is 11.1 Å². The maximum atomic E-state index is 12.1. The Morgan fingerprint density at radius 1 is 0.552 bits per heavy atom. The molecule has 0 bridgehead atoms. The van der Waals surface area contributed by atoms with Crippen LogP contribution >= 0.6 is 22.6 Å². The van der Waals surface area contributed by atoms with Gasteiger partial charge in [-0.1, -0.05) is 60.7 Å². The first-order valence-electron chi connectivity index (χ1n) is 19.9. The van der Waals surface area contributed by atoms with Gasteiger partial charge in [0.2, 0.25) is 0 Å². The molecule has 3 saturated heterocycles. The summed E-state index contributed by atoms with van der Waals surface area (Å²) in [5.74, 6) is 0.200. The van der Waals surface area contributed by atoms with Gasteiger partial charge in [0.05, 0.1) is 23.4 Å². The van der Waals surface area contributed by atoms with Crippen molar-refractivity contribution < 1.29 is 70.2 Å². The zero-order valence-electron chi connectivity index (χ0n) is 34.9. The largest absolute Gasteiger partial charge is 0.488 e. The van der Waals surface area contributed by atoms with E-state index in [1.54, 1.807) is 36.4 Å². The highest BCUT2D eigenvalue weighted by atomic mass is 127. The first kappa shape index (κ1) is 52.7. The minimum absolute atomic E-state index is 0.0537. The second-order valence-corrected chi connectivity index (χ2v) is 15.9. The topological polar surface area (TPSA) is 433 Å². The van der Waals surface area contributed by atoms with E-state index in [-0.39, 0.29) is 17.5 Å². The Balaban J connectivity index is 0.000000174. The Labute approximate surface area is 392 Å². The minimum Gasteiger partial charge on any atom is -0.423 e. The number of halogens is 1. The molecular weight excluding hydrogens is 1000 g/mol. The first-order chi connectivity index (χ1) is 31.8. The van der Waals surface area contributed by atoms with Gasteiger partial charge in [0, 0.05) is 24.2 Å². The average Bonchev–Trinajstić information content (AvgIpc) is 3.89. The lowest BCUT2D eigenvalue weighted by Crippen LogP contribution is -2.36. The lowest BCUT2D eigenvalue weighted by atomic mass is 9.81. The number of aromatic nitrogens is 6. The number of hydrogen-bond acceptors (Lipinski definition) is 23. The van der Waals surface area contributed by atoms with E-state index < -0.39 is 118 Å². The fourth-order valence-corrected chi connectivity index (χ4v) is 7.14. The van der Waals surface area contributed by atoms with Crippen LogP contribution in [0.5, 0.6) is 0 Å². The van der Waals surface area contributed by atoms with E-state index in [1.165, 1.54) is 24.7 Å². The van der Waals surface area contributed by atoms with Gasteiger partial charge in [-0.15, -0.1) is 0 Å². The Morgan fingerprint density at radius 3 is 1.36 bits per heavy atom. The van der Waals surface area contributed by atoms with E-state index in [2.05, 4.69) is 15.0 Å². The Kier molecular flexibility index (Phi) is 18.6. The van der Waals surface area contributed by atoms with Gasteiger partial charge in [0.1, 0.15) is 72.4 Å². The molecule has 12 atom stereocenters. The number of rotatable bonds is 8. The van der Waals surface area contributed by atoms with Crippen LogP contribution in [0.3, 0.4) is 0 Å². The summed E-state index contributed by atoms with van der Waals surface area (Å²) in [6.45, 7) is -1.38. The molecule has 3 aromatic heterocycles. The predicted octanol–water partition coefficient (Wildman–Crippen LogP) is -6.05. The number of aliphatic hydroxyl groups is 9. The van der Waals surface area contributed by atoms with Crippen LogP contribution in [0.1, 0.15) is 18.7 Å². The summed E-state index contributed by atoms with van der Waals surface area (Å²) in [6.07, 6.45) is -9.84. The van der Waals surface area contributed by atoms with Gasteiger partial charge in [-0.3, -0.25) is 13.7 Å². The third kappa shape index (κ3) is 12.4.